The maximum atomic E-state index is 13.1. The fourth-order valence-electron chi connectivity index (χ4n) is 2.72. The highest BCUT2D eigenvalue weighted by atomic mass is 35.5. The number of aromatic nitrogens is 1. The van der Waals surface area contributed by atoms with E-state index in [0.717, 1.165) is 17.0 Å². The van der Waals surface area contributed by atoms with Gasteiger partial charge in [-0.3, -0.25) is 9.59 Å². The van der Waals surface area contributed by atoms with Gasteiger partial charge in [0, 0.05) is 22.5 Å². The maximum Gasteiger partial charge on any atom is 0.266 e. The molecule has 152 valence electrons. The molecule has 0 bridgehead atoms. The minimum absolute atomic E-state index is 0.0727. The molecule has 2 aromatic heterocycles. The number of halogens is 2. The lowest BCUT2D eigenvalue weighted by molar-refractivity contribution is -0.116. The Hall–Kier alpha value is -1.93. The monoisotopic (exact) mass is 467 g/mol. The summed E-state index contributed by atoms with van der Waals surface area (Å²) in [5.41, 5.74) is 2.13. The predicted molar refractivity (Wildman–Crippen MR) is 121 cm³/mol. The van der Waals surface area contributed by atoms with Crippen LogP contribution in [-0.2, 0) is 4.79 Å². The van der Waals surface area contributed by atoms with E-state index in [4.69, 9.17) is 23.2 Å². The van der Waals surface area contributed by atoms with E-state index < -0.39 is 0 Å². The van der Waals surface area contributed by atoms with Gasteiger partial charge >= 0.3 is 0 Å². The molecule has 0 aliphatic rings. The SMILES string of the molecule is CCCN(CC(=O)Nc1ccc(Cl)cc1Cl)C(=O)c1sc(-c2ccsc2)nc1C. The average Bonchev–Trinajstić information content (AvgIpc) is 3.33. The summed E-state index contributed by atoms with van der Waals surface area (Å²) in [7, 11) is 0. The van der Waals surface area contributed by atoms with Gasteiger partial charge in [-0.05, 0) is 43.0 Å². The lowest BCUT2D eigenvalue weighted by atomic mass is 10.3. The summed E-state index contributed by atoms with van der Waals surface area (Å²) in [6.45, 7) is 4.17. The molecule has 1 aromatic carbocycles. The molecule has 5 nitrogen and oxygen atoms in total. The molecule has 0 spiro atoms. The van der Waals surface area contributed by atoms with Crippen LogP contribution in [0.3, 0.4) is 0 Å². The van der Waals surface area contributed by atoms with E-state index in [0.29, 0.717) is 32.8 Å². The zero-order chi connectivity index (χ0) is 21.0. The number of nitrogens with one attached hydrogen (secondary N) is 1. The molecule has 0 fully saturated rings. The summed E-state index contributed by atoms with van der Waals surface area (Å²) >= 11 is 14.9. The number of carbonyl (C=O) groups is 2. The van der Waals surface area contributed by atoms with Gasteiger partial charge in [0.05, 0.1) is 16.4 Å². The van der Waals surface area contributed by atoms with Crippen LogP contribution in [0.5, 0.6) is 0 Å². The quantitative estimate of drug-likeness (QED) is 0.464. The number of amides is 2. The van der Waals surface area contributed by atoms with Gasteiger partial charge in [0.25, 0.3) is 5.91 Å². The molecule has 0 atom stereocenters. The minimum Gasteiger partial charge on any atom is -0.329 e. The van der Waals surface area contributed by atoms with E-state index in [-0.39, 0.29) is 18.4 Å². The largest absolute Gasteiger partial charge is 0.329 e. The molecule has 0 saturated carbocycles. The molecule has 0 aliphatic heterocycles. The van der Waals surface area contributed by atoms with Crippen LogP contribution in [0, 0.1) is 6.92 Å². The van der Waals surface area contributed by atoms with Gasteiger partial charge < -0.3 is 10.2 Å². The number of thiophene rings is 1. The van der Waals surface area contributed by atoms with Crippen molar-refractivity contribution in [1.29, 1.82) is 0 Å². The van der Waals surface area contributed by atoms with E-state index in [1.807, 2.05) is 30.7 Å². The van der Waals surface area contributed by atoms with Gasteiger partial charge in [0.2, 0.25) is 5.91 Å². The third-order valence-corrected chi connectivity index (χ3v) is 6.50. The van der Waals surface area contributed by atoms with Crippen molar-refractivity contribution >= 4 is 63.4 Å². The van der Waals surface area contributed by atoms with E-state index in [9.17, 15) is 9.59 Å². The Bertz CT molecular complexity index is 1020. The van der Waals surface area contributed by atoms with Crippen LogP contribution in [0.2, 0.25) is 10.0 Å². The summed E-state index contributed by atoms with van der Waals surface area (Å²) in [6.07, 6.45) is 0.732. The Morgan fingerprint density at radius 3 is 2.69 bits per heavy atom. The van der Waals surface area contributed by atoms with Crippen molar-refractivity contribution < 1.29 is 9.59 Å². The summed E-state index contributed by atoms with van der Waals surface area (Å²) in [5, 5.41) is 8.35. The van der Waals surface area contributed by atoms with Crippen LogP contribution in [0.15, 0.2) is 35.0 Å². The number of benzene rings is 1. The summed E-state index contributed by atoms with van der Waals surface area (Å²) in [4.78, 5) is 32.3. The van der Waals surface area contributed by atoms with Crippen LogP contribution in [0.25, 0.3) is 10.6 Å². The third-order valence-electron chi connectivity index (χ3n) is 4.08. The Morgan fingerprint density at radius 1 is 1.24 bits per heavy atom. The summed E-state index contributed by atoms with van der Waals surface area (Å²) in [5.74, 6) is -0.517. The molecule has 1 N–H and O–H groups in total. The van der Waals surface area contributed by atoms with E-state index in [2.05, 4.69) is 10.3 Å². The van der Waals surface area contributed by atoms with Crippen molar-refractivity contribution in [2.45, 2.75) is 20.3 Å². The fraction of sp³-hybridized carbons (Fsp3) is 0.250. The minimum atomic E-state index is -0.323. The highest BCUT2D eigenvalue weighted by molar-refractivity contribution is 7.17. The second kappa shape index (κ2) is 9.71. The van der Waals surface area contributed by atoms with Crippen LogP contribution in [0.4, 0.5) is 5.69 Å². The second-order valence-electron chi connectivity index (χ2n) is 6.34. The number of anilines is 1. The van der Waals surface area contributed by atoms with Crippen molar-refractivity contribution in [3.05, 3.63) is 55.6 Å². The van der Waals surface area contributed by atoms with Crippen molar-refractivity contribution in [1.82, 2.24) is 9.88 Å². The zero-order valence-electron chi connectivity index (χ0n) is 15.9. The van der Waals surface area contributed by atoms with Crippen LogP contribution in [0.1, 0.15) is 28.7 Å². The van der Waals surface area contributed by atoms with Gasteiger partial charge in [-0.15, -0.1) is 11.3 Å². The molecule has 0 aliphatic carbocycles. The molecule has 3 rings (SSSR count). The lowest BCUT2D eigenvalue weighted by Crippen LogP contribution is -2.38. The molecule has 9 heteroatoms. The topological polar surface area (TPSA) is 62.3 Å². The number of thiazole rings is 1. The maximum absolute atomic E-state index is 13.1. The van der Waals surface area contributed by atoms with Gasteiger partial charge in [-0.1, -0.05) is 30.1 Å². The van der Waals surface area contributed by atoms with Gasteiger partial charge in [-0.25, -0.2) is 4.98 Å². The Labute approximate surface area is 187 Å². The Morgan fingerprint density at radius 2 is 2.03 bits per heavy atom. The van der Waals surface area contributed by atoms with Crippen molar-refractivity contribution in [2.75, 3.05) is 18.4 Å². The highest BCUT2D eigenvalue weighted by Crippen LogP contribution is 2.30. The molecule has 2 amide bonds. The number of carbonyl (C=O) groups excluding carboxylic acids is 2. The van der Waals surface area contributed by atoms with Crippen LogP contribution < -0.4 is 5.32 Å². The molecule has 29 heavy (non-hydrogen) atoms. The normalized spacial score (nSPS) is 10.8. The molecule has 3 aromatic rings. The van der Waals surface area contributed by atoms with E-state index in [1.165, 1.54) is 16.2 Å². The first kappa shape index (κ1) is 21.8. The smallest absolute Gasteiger partial charge is 0.266 e. The number of rotatable bonds is 7. The summed E-state index contributed by atoms with van der Waals surface area (Å²) < 4.78 is 0. The third kappa shape index (κ3) is 5.36. The second-order valence-corrected chi connectivity index (χ2v) is 8.97. The van der Waals surface area contributed by atoms with Crippen molar-refractivity contribution in [3.8, 4) is 10.6 Å². The predicted octanol–water partition coefficient (Wildman–Crippen LogP) is 5.98. The molecule has 0 saturated heterocycles. The molecule has 0 unspecified atom stereocenters. The highest BCUT2D eigenvalue weighted by Gasteiger charge is 2.23. The number of hydrogen-bond donors (Lipinski definition) is 1. The molecule has 0 radical (unpaired) electrons. The number of hydrogen-bond acceptors (Lipinski definition) is 5. The molecular weight excluding hydrogens is 449 g/mol. The molecule has 2 heterocycles. The first-order valence-corrected chi connectivity index (χ1v) is 11.4. The van der Waals surface area contributed by atoms with Gasteiger partial charge in [0.1, 0.15) is 16.4 Å². The van der Waals surface area contributed by atoms with E-state index in [1.54, 1.807) is 29.5 Å². The van der Waals surface area contributed by atoms with Crippen molar-refractivity contribution in [2.24, 2.45) is 0 Å². The van der Waals surface area contributed by atoms with Crippen molar-refractivity contribution in [3.63, 3.8) is 0 Å². The Kier molecular flexibility index (Phi) is 7.29. The standard InChI is InChI=1S/C20H19Cl2N3O2S2/c1-3-7-25(10-17(26)24-16-5-4-14(21)9-15(16)22)20(27)18-12(2)23-19(29-18)13-6-8-28-11-13/h4-6,8-9,11H,3,7,10H2,1-2H3,(H,24,26). The van der Waals surface area contributed by atoms with E-state index >= 15 is 0 Å². The number of aryl methyl sites for hydroxylation is 1. The summed E-state index contributed by atoms with van der Waals surface area (Å²) in [6, 6.07) is 6.81. The average molecular weight is 468 g/mol. The van der Waals surface area contributed by atoms with Gasteiger partial charge in [0.15, 0.2) is 0 Å². The number of nitrogens with zero attached hydrogens (tertiary/aromatic N) is 2. The van der Waals surface area contributed by atoms with Crippen LogP contribution >= 0.6 is 45.9 Å². The first-order valence-electron chi connectivity index (χ1n) is 8.93. The zero-order valence-corrected chi connectivity index (χ0v) is 19.0. The Balaban J connectivity index is 1.75. The first-order chi connectivity index (χ1) is 13.9. The fourth-order valence-corrected chi connectivity index (χ4v) is 4.93. The lowest BCUT2D eigenvalue weighted by Gasteiger charge is -2.21. The van der Waals surface area contributed by atoms with Gasteiger partial charge in [-0.2, -0.15) is 11.3 Å². The van der Waals surface area contributed by atoms with Crippen LogP contribution in [-0.4, -0.2) is 34.8 Å². The molecular formula is C20H19Cl2N3O2S2.